The van der Waals surface area contributed by atoms with Crippen LogP contribution in [0.25, 0.3) is 28.7 Å². The summed E-state index contributed by atoms with van der Waals surface area (Å²) in [4.78, 5) is 19.8. The van der Waals surface area contributed by atoms with Gasteiger partial charge in [0.15, 0.2) is 0 Å². The van der Waals surface area contributed by atoms with Crippen molar-refractivity contribution in [2.45, 2.75) is 19.8 Å². The number of benzene rings is 1. The molecule has 3 aromatic rings. The van der Waals surface area contributed by atoms with E-state index in [0.717, 1.165) is 22.9 Å². The van der Waals surface area contributed by atoms with E-state index >= 15 is 0 Å². The average Bonchev–Trinajstić information content (AvgIpc) is 3.01. The van der Waals surface area contributed by atoms with Crippen molar-refractivity contribution in [2.24, 2.45) is 0 Å². The molecule has 0 amide bonds. The number of carboxylic acid groups (broad SMARTS) is 1. The van der Waals surface area contributed by atoms with Crippen molar-refractivity contribution < 1.29 is 14.3 Å². The largest absolute Gasteiger partial charge is 0.478 e. The highest BCUT2D eigenvalue weighted by Gasteiger charge is 2.20. The number of aliphatic carboxylic acids is 1. The molecule has 5 nitrogen and oxygen atoms in total. The number of carboxylic acids is 1. The maximum absolute atomic E-state index is 13.3. The van der Waals surface area contributed by atoms with Crippen LogP contribution < -0.4 is 0 Å². The predicted molar refractivity (Wildman–Crippen MR) is 97.9 cm³/mol. The van der Waals surface area contributed by atoms with Gasteiger partial charge in [0.25, 0.3) is 0 Å². The molecule has 1 aromatic carbocycles. The van der Waals surface area contributed by atoms with Crippen molar-refractivity contribution in [1.29, 1.82) is 0 Å². The molecule has 26 heavy (non-hydrogen) atoms. The smallest absolute Gasteiger partial charge is 0.329 e. The molecule has 2 heterocycles. The van der Waals surface area contributed by atoms with Gasteiger partial charge >= 0.3 is 5.97 Å². The molecular weight excluding hydrogens is 333 g/mol. The summed E-state index contributed by atoms with van der Waals surface area (Å²) >= 11 is 0. The minimum atomic E-state index is -1.04. The van der Waals surface area contributed by atoms with Gasteiger partial charge in [0.1, 0.15) is 11.6 Å². The molecule has 3 rings (SSSR count). The van der Waals surface area contributed by atoms with Crippen LogP contribution in [0.5, 0.6) is 0 Å². The maximum atomic E-state index is 13.3. The minimum absolute atomic E-state index is 0.0585. The lowest BCUT2D eigenvalue weighted by molar-refractivity contribution is -0.131. The fourth-order valence-electron chi connectivity index (χ4n) is 2.74. The minimum Gasteiger partial charge on any atom is -0.478 e. The highest BCUT2D eigenvalue weighted by atomic mass is 19.1. The quantitative estimate of drug-likeness (QED) is 0.691. The second-order valence-corrected chi connectivity index (χ2v) is 6.09. The van der Waals surface area contributed by atoms with E-state index < -0.39 is 5.97 Å². The predicted octanol–water partition coefficient (Wildman–Crippen LogP) is 4.43. The molecule has 6 heteroatoms. The summed E-state index contributed by atoms with van der Waals surface area (Å²) in [6, 6.07) is 9.76. The lowest BCUT2D eigenvalue weighted by atomic mass is 10.1. The fourth-order valence-corrected chi connectivity index (χ4v) is 2.74. The Balaban J connectivity index is 2.31. The summed E-state index contributed by atoms with van der Waals surface area (Å²) in [5.74, 6) is -0.595. The topological polar surface area (TPSA) is 68.0 Å². The van der Waals surface area contributed by atoms with Crippen LogP contribution in [0.3, 0.4) is 0 Å². The van der Waals surface area contributed by atoms with E-state index in [1.807, 2.05) is 26.0 Å². The number of nitrogens with zero attached hydrogens (tertiary/aromatic N) is 3. The van der Waals surface area contributed by atoms with Crippen LogP contribution in [-0.4, -0.2) is 25.6 Å². The van der Waals surface area contributed by atoms with Crippen molar-refractivity contribution in [3.63, 3.8) is 0 Å². The molecule has 0 spiro atoms. The lowest BCUT2D eigenvalue weighted by Crippen LogP contribution is -2.01. The van der Waals surface area contributed by atoms with E-state index in [-0.39, 0.29) is 11.7 Å². The summed E-state index contributed by atoms with van der Waals surface area (Å²) in [6.07, 6.45) is 5.90. The standard InChI is InChI=1S/C20H18FN3O2/c1-13(2)20-23-18(14-3-5-16(21)6-4-14)19(15-7-10-22-11-8-15)24(20)12-9-17(25)26/h3-13H,1-2H3,(H,25,26)/b12-9+. The first-order chi connectivity index (χ1) is 12.5. The van der Waals surface area contributed by atoms with E-state index in [0.29, 0.717) is 11.5 Å². The molecule has 0 atom stereocenters. The highest BCUT2D eigenvalue weighted by Crippen LogP contribution is 2.35. The molecule has 0 unspecified atom stereocenters. The SMILES string of the molecule is CC(C)c1nc(-c2ccc(F)cc2)c(-c2ccncc2)n1/C=C/C(=O)O. The highest BCUT2D eigenvalue weighted by molar-refractivity contribution is 5.85. The molecule has 1 N–H and O–H groups in total. The number of rotatable bonds is 5. The van der Waals surface area contributed by atoms with Crippen molar-refractivity contribution in [1.82, 2.24) is 14.5 Å². The number of hydrogen-bond acceptors (Lipinski definition) is 3. The Bertz CT molecular complexity index is 945. The van der Waals surface area contributed by atoms with E-state index in [4.69, 9.17) is 10.1 Å². The van der Waals surface area contributed by atoms with Crippen molar-refractivity contribution >= 4 is 12.2 Å². The zero-order chi connectivity index (χ0) is 18.7. The lowest BCUT2D eigenvalue weighted by Gasteiger charge is -2.10. The van der Waals surface area contributed by atoms with Gasteiger partial charge in [-0.05, 0) is 36.4 Å². The normalized spacial score (nSPS) is 11.4. The monoisotopic (exact) mass is 351 g/mol. The van der Waals surface area contributed by atoms with Crippen LogP contribution in [0.1, 0.15) is 25.6 Å². The van der Waals surface area contributed by atoms with Gasteiger partial charge in [-0.25, -0.2) is 14.2 Å². The second kappa shape index (κ2) is 7.31. The van der Waals surface area contributed by atoms with E-state index in [9.17, 15) is 9.18 Å². The van der Waals surface area contributed by atoms with Crippen molar-refractivity contribution in [2.75, 3.05) is 0 Å². The molecule has 2 aromatic heterocycles. The number of hydrogen-bond donors (Lipinski definition) is 1. The van der Waals surface area contributed by atoms with Gasteiger partial charge in [0, 0.05) is 41.7 Å². The van der Waals surface area contributed by atoms with E-state index in [1.165, 1.54) is 18.3 Å². The first kappa shape index (κ1) is 17.5. The maximum Gasteiger partial charge on any atom is 0.329 e. The Labute approximate surface area is 150 Å². The van der Waals surface area contributed by atoms with Crippen LogP contribution in [-0.2, 0) is 4.79 Å². The van der Waals surface area contributed by atoms with Crippen LogP contribution in [0.2, 0.25) is 0 Å². The van der Waals surface area contributed by atoms with E-state index in [2.05, 4.69) is 4.98 Å². The average molecular weight is 351 g/mol. The second-order valence-electron chi connectivity index (χ2n) is 6.09. The summed E-state index contributed by atoms with van der Waals surface area (Å²) in [6.45, 7) is 3.97. The molecule has 132 valence electrons. The summed E-state index contributed by atoms with van der Waals surface area (Å²) in [5, 5.41) is 9.05. The number of halogens is 1. The zero-order valence-electron chi connectivity index (χ0n) is 14.4. The number of pyridine rings is 1. The summed E-state index contributed by atoms with van der Waals surface area (Å²) in [5.41, 5.74) is 2.99. The molecule has 0 fully saturated rings. The Morgan fingerprint density at radius 3 is 2.35 bits per heavy atom. The van der Waals surface area contributed by atoms with Crippen molar-refractivity contribution in [3.05, 3.63) is 66.5 Å². The summed E-state index contributed by atoms with van der Waals surface area (Å²) in [7, 11) is 0. The third-order valence-corrected chi connectivity index (χ3v) is 3.89. The molecule has 0 radical (unpaired) electrons. The molecule has 0 aliphatic heterocycles. The third kappa shape index (κ3) is 3.54. The van der Waals surface area contributed by atoms with Crippen LogP contribution in [0, 0.1) is 5.82 Å². The molecular formula is C20H18FN3O2. The van der Waals surface area contributed by atoms with Gasteiger partial charge in [0.05, 0.1) is 11.4 Å². The number of aromatic nitrogens is 3. The van der Waals surface area contributed by atoms with Gasteiger partial charge in [-0.1, -0.05) is 13.8 Å². The van der Waals surface area contributed by atoms with Crippen LogP contribution >= 0.6 is 0 Å². The van der Waals surface area contributed by atoms with Gasteiger partial charge in [-0.3, -0.25) is 4.98 Å². The Kier molecular flexibility index (Phi) is 4.93. The summed E-state index contributed by atoms with van der Waals surface area (Å²) < 4.78 is 15.1. The molecule has 0 saturated carbocycles. The van der Waals surface area contributed by atoms with Crippen LogP contribution in [0.15, 0.2) is 54.9 Å². The molecule has 0 aliphatic rings. The van der Waals surface area contributed by atoms with Gasteiger partial charge in [-0.15, -0.1) is 0 Å². The van der Waals surface area contributed by atoms with Gasteiger partial charge in [-0.2, -0.15) is 0 Å². The molecule has 0 bridgehead atoms. The van der Waals surface area contributed by atoms with Gasteiger partial charge in [0.2, 0.25) is 0 Å². The number of carbonyl (C=O) groups is 1. The van der Waals surface area contributed by atoms with Gasteiger partial charge < -0.3 is 9.67 Å². The number of imidazole rings is 1. The Morgan fingerprint density at radius 2 is 1.77 bits per heavy atom. The first-order valence-electron chi connectivity index (χ1n) is 8.17. The van der Waals surface area contributed by atoms with Crippen molar-refractivity contribution in [3.8, 4) is 22.5 Å². The third-order valence-electron chi connectivity index (χ3n) is 3.89. The Morgan fingerprint density at radius 1 is 1.12 bits per heavy atom. The Hall–Kier alpha value is -3.28. The molecule has 0 saturated heterocycles. The molecule has 0 aliphatic carbocycles. The van der Waals surface area contributed by atoms with E-state index in [1.54, 1.807) is 29.1 Å². The fraction of sp³-hybridized carbons (Fsp3) is 0.150. The zero-order valence-corrected chi connectivity index (χ0v) is 14.4. The first-order valence-corrected chi connectivity index (χ1v) is 8.17. The van der Waals surface area contributed by atoms with Crippen LogP contribution in [0.4, 0.5) is 4.39 Å².